The third kappa shape index (κ3) is 8.29. The SMILES string of the molecule is CN1CCN(C2CCN(C(=O)C(CC(=O)N3CCC(N4CCc5sccc5NC4=O)CC3)Cc3cc(Cl)c(N)c(C(F)(F)F)c3)CC2)CC1. The number of hydrogen-bond donors (Lipinski definition) is 2. The number of anilines is 2. The first-order valence-corrected chi connectivity index (χ1v) is 18.4. The topological polar surface area (TPSA) is 105 Å². The van der Waals surface area contributed by atoms with Crippen LogP contribution in [0.3, 0.4) is 0 Å². The number of fused-ring (bicyclic) bond motifs is 1. The number of carbonyl (C=O) groups excluding carboxylic acids is 3. The van der Waals surface area contributed by atoms with E-state index in [2.05, 4.69) is 22.2 Å². The Kier molecular flexibility index (Phi) is 11.0. The number of benzene rings is 1. The van der Waals surface area contributed by atoms with Crippen LogP contribution in [-0.4, -0.2) is 120 Å². The normalized spacial score (nSPS) is 21.3. The average Bonchev–Trinajstić information content (AvgIpc) is 3.45. The first-order valence-electron chi connectivity index (χ1n) is 17.2. The van der Waals surface area contributed by atoms with Crippen molar-refractivity contribution in [2.45, 2.75) is 63.2 Å². The number of hydrogen-bond acceptors (Lipinski definition) is 7. The Bertz CT molecular complexity index is 1520. The summed E-state index contributed by atoms with van der Waals surface area (Å²) in [7, 11) is 2.11. The van der Waals surface area contributed by atoms with Gasteiger partial charge in [0.05, 0.1) is 27.9 Å². The van der Waals surface area contributed by atoms with Crippen molar-refractivity contribution in [2.75, 3.05) is 77.0 Å². The molecule has 0 saturated carbocycles. The number of piperidine rings is 2. The summed E-state index contributed by atoms with van der Waals surface area (Å²) in [6.45, 7) is 6.51. The summed E-state index contributed by atoms with van der Waals surface area (Å²) in [4.78, 5) is 52.1. The molecule has 15 heteroatoms. The van der Waals surface area contributed by atoms with Gasteiger partial charge >= 0.3 is 12.2 Å². The van der Waals surface area contributed by atoms with Crippen molar-refractivity contribution in [3.8, 4) is 0 Å². The fraction of sp³-hybridized carbons (Fsp3) is 0.618. The van der Waals surface area contributed by atoms with Crippen LogP contribution in [0.2, 0.25) is 5.02 Å². The molecule has 3 N–H and O–H groups in total. The number of nitrogens with zero attached hydrogens (tertiary/aromatic N) is 5. The quantitative estimate of drug-likeness (QED) is 0.396. The molecule has 1 unspecified atom stereocenters. The van der Waals surface area contributed by atoms with Gasteiger partial charge in [0.1, 0.15) is 0 Å². The number of likely N-dealkylation sites (tertiary alicyclic amines) is 2. The lowest BCUT2D eigenvalue weighted by molar-refractivity contribution is -0.143. The number of nitrogens with two attached hydrogens (primary N) is 1. The molecule has 3 fully saturated rings. The molecular formula is C34H45ClF3N7O3S. The highest BCUT2D eigenvalue weighted by molar-refractivity contribution is 7.10. The molecule has 268 valence electrons. The summed E-state index contributed by atoms with van der Waals surface area (Å²) < 4.78 is 41.4. The van der Waals surface area contributed by atoms with Gasteiger partial charge in [-0.15, -0.1) is 11.3 Å². The van der Waals surface area contributed by atoms with Crippen molar-refractivity contribution in [1.29, 1.82) is 0 Å². The number of nitrogen functional groups attached to an aromatic ring is 1. The van der Waals surface area contributed by atoms with E-state index in [4.69, 9.17) is 17.3 Å². The van der Waals surface area contributed by atoms with Crippen molar-refractivity contribution < 1.29 is 27.6 Å². The van der Waals surface area contributed by atoms with E-state index in [9.17, 15) is 27.6 Å². The number of rotatable bonds is 7. The molecule has 0 aliphatic carbocycles. The standard InChI is InChI=1S/C34H45ClF3N7O3S/c1-41-13-15-42(16-14-41)24-2-10-44(11-3-24)32(47)23(18-22-19-26(34(36,37)38)31(39)27(35)20-22)21-30(46)43-8-4-25(5-9-43)45-12-6-29-28(7-17-49-29)40-33(45)48/h7,17,19-20,23-25H,2-6,8-16,18,21,39H2,1H3,(H,40,48). The van der Waals surface area contributed by atoms with Gasteiger partial charge in [0, 0.05) is 88.7 Å². The molecule has 1 aromatic heterocycles. The number of nitrogens with one attached hydrogen (secondary N) is 1. The molecule has 0 bridgehead atoms. The van der Waals surface area contributed by atoms with E-state index < -0.39 is 23.3 Å². The summed E-state index contributed by atoms with van der Waals surface area (Å²) in [5.41, 5.74) is 5.15. The first-order chi connectivity index (χ1) is 23.4. The number of carbonyl (C=O) groups is 3. The molecule has 4 aliphatic rings. The van der Waals surface area contributed by atoms with Gasteiger partial charge in [-0.1, -0.05) is 11.6 Å². The fourth-order valence-corrected chi connectivity index (χ4v) is 8.79. The smallest absolute Gasteiger partial charge is 0.397 e. The number of likely N-dealkylation sites (N-methyl/N-ethyl adjacent to an activating group) is 1. The molecular weight excluding hydrogens is 679 g/mol. The van der Waals surface area contributed by atoms with Crippen LogP contribution in [0.5, 0.6) is 0 Å². The molecule has 4 amide bonds. The van der Waals surface area contributed by atoms with E-state index in [1.165, 1.54) is 6.07 Å². The second kappa shape index (κ2) is 15.0. The molecule has 49 heavy (non-hydrogen) atoms. The fourth-order valence-electron chi connectivity index (χ4n) is 7.73. The van der Waals surface area contributed by atoms with Crippen LogP contribution >= 0.6 is 22.9 Å². The van der Waals surface area contributed by atoms with E-state index >= 15 is 0 Å². The zero-order chi connectivity index (χ0) is 34.9. The van der Waals surface area contributed by atoms with Gasteiger partial charge in [-0.2, -0.15) is 13.2 Å². The minimum Gasteiger partial charge on any atom is -0.397 e. The molecule has 5 heterocycles. The first kappa shape index (κ1) is 35.7. The average molecular weight is 724 g/mol. The third-order valence-corrected chi connectivity index (χ3v) is 12.0. The van der Waals surface area contributed by atoms with Crippen molar-refractivity contribution in [1.82, 2.24) is 24.5 Å². The summed E-state index contributed by atoms with van der Waals surface area (Å²) in [6.07, 6.45) is -1.31. The van der Waals surface area contributed by atoms with Gasteiger partial charge in [0.15, 0.2) is 0 Å². The Morgan fingerprint density at radius 3 is 2.31 bits per heavy atom. The van der Waals surface area contributed by atoms with E-state index in [0.717, 1.165) is 62.1 Å². The van der Waals surface area contributed by atoms with Gasteiger partial charge < -0.3 is 30.7 Å². The predicted octanol–water partition coefficient (Wildman–Crippen LogP) is 4.87. The maximum Gasteiger partial charge on any atom is 0.418 e. The van der Waals surface area contributed by atoms with E-state index in [0.29, 0.717) is 51.6 Å². The Labute approximate surface area is 294 Å². The third-order valence-electron chi connectivity index (χ3n) is 10.7. The monoisotopic (exact) mass is 723 g/mol. The van der Waals surface area contributed by atoms with Crippen LogP contribution in [0.25, 0.3) is 0 Å². The summed E-state index contributed by atoms with van der Waals surface area (Å²) in [5, 5.41) is 4.74. The van der Waals surface area contributed by atoms with Crippen LogP contribution < -0.4 is 11.1 Å². The van der Waals surface area contributed by atoms with Crippen LogP contribution in [0.1, 0.15) is 48.1 Å². The van der Waals surface area contributed by atoms with Crippen molar-refractivity contribution in [3.63, 3.8) is 0 Å². The number of alkyl halides is 3. The van der Waals surface area contributed by atoms with E-state index in [1.54, 1.807) is 21.1 Å². The molecule has 10 nitrogen and oxygen atoms in total. The lowest BCUT2D eigenvalue weighted by Gasteiger charge is -2.42. The second-order valence-electron chi connectivity index (χ2n) is 13.8. The number of urea groups is 1. The lowest BCUT2D eigenvalue weighted by atomic mass is 9.91. The number of halogens is 4. The van der Waals surface area contributed by atoms with Crippen molar-refractivity contribution in [3.05, 3.63) is 44.6 Å². The highest BCUT2D eigenvalue weighted by atomic mass is 35.5. The minimum atomic E-state index is -4.72. The Morgan fingerprint density at radius 2 is 1.63 bits per heavy atom. The Balaban J connectivity index is 1.12. The van der Waals surface area contributed by atoms with Gasteiger partial charge in [0.25, 0.3) is 0 Å². The zero-order valence-electron chi connectivity index (χ0n) is 27.8. The number of amides is 4. The van der Waals surface area contributed by atoms with Gasteiger partial charge in [-0.05, 0) is 68.3 Å². The molecule has 3 saturated heterocycles. The van der Waals surface area contributed by atoms with Gasteiger partial charge in [0.2, 0.25) is 11.8 Å². The summed E-state index contributed by atoms with van der Waals surface area (Å²) in [5.74, 6) is -1.30. The zero-order valence-corrected chi connectivity index (χ0v) is 29.4. The summed E-state index contributed by atoms with van der Waals surface area (Å²) >= 11 is 7.77. The van der Waals surface area contributed by atoms with Crippen LogP contribution in [-0.2, 0) is 28.6 Å². The molecule has 4 aliphatic heterocycles. The molecule has 2 aromatic rings. The number of thiophene rings is 1. The van der Waals surface area contributed by atoms with E-state index in [-0.39, 0.29) is 47.3 Å². The predicted molar refractivity (Wildman–Crippen MR) is 185 cm³/mol. The van der Waals surface area contributed by atoms with Gasteiger partial charge in [-0.3, -0.25) is 14.5 Å². The van der Waals surface area contributed by atoms with Crippen LogP contribution in [0.15, 0.2) is 23.6 Å². The Morgan fingerprint density at radius 1 is 0.980 bits per heavy atom. The lowest BCUT2D eigenvalue weighted by Crippen LogP contribution is -2.53. The number of piperazine rings is 1. The van der Waals surface area contributed by atoms with Crippen molar-refractivity contribution in [2.24, 2.45) is 5.92 Å². The largest absolute Gasteiger partial charge is 0.418 e. The highest BCUT2D eigenvalue weighted by Crippen LogP contribution is 2.39. The van der Waals surface area contributed by atoms with Crippen LogP contribution in [0, 0.1) is 5.92 Å². The molecule has 1 atom stereocenters. The molecule has 0 spiro atoms. The molecule has 6 rings (SSSR count). The second-order valence-corrected chi connectivity index (χ2v) is 15.2. The minimum absolute atomic E-state index is 0.0187. The van der Waals surface area contributed by atoms with Gasteiger partial charge in [-0.25, -0.2) is 4.79 Å². The van der Waals surface area contributed by atoms with E-state index in [1.807, 2.05) is 16.3 Å². The highest BCUT2D eigenvalue weighted by Gasteiger charge is 2.38. The summed E-state index contributed by atoms with van der Waals surface area (Å²) in [6, 6.07) is 4.45. The molecule has 0 radical (unpaired) electrons. The maximum absolute atomic E-state index is 14.1. The maximum atomic E-state index is 14.1. The molecule has 1 aromatic carbocycles. The van der Waals surface area contributed by atoms with Crippen molar-refractivity contribution >= 4 is 52.2 Å². The van der Waals surface area contributed by atoms with Crippen LogP contribution in [0.4, 0.5) is 29.3 Å². The Hall–Kier alpha value is -3.07.